The average Bonchev–Trinajstić information content (AvgIpc) is 3.17. The minimum Gasteiger partial charge on any atom is -0.347 e. The molecule has 20 heavy (non-hydrogen) atoms. The number of rotatable bonds is 4. The average molecular weight is 267 g/mol. The van der Waals surface area contributed by atoms with Crippen molar-refractivity contribution in [1.82, 2.24) is 25.1 Å². The maximum Gasteiger partial charge on any atom is 0.254 e. The fourth-order valence-corrected chi connectivity index (χ4v) is 1.82. The number of para-hydroxylation sites is 1. The van der Waals surface area contributed by atoms with E-state index < -0.39 is 0 Å². The maximum atomic E-state index is 12.0. The number of carbonyl (C=O) groups is 1. The van der Waals surface area contributed by atoms with Gasteiger partial charge in [0, 0.05) is 18.6 Å². The molecule has 0 aliphatic rings. The Hall–Kier alpha value is -2.89. The Kier molecular flexibility index (Phi) is 3.28. The second kappa shape index (κ2) is 5.40. The molecule has 100 valence electrons. The van der Waals surface area contributed by atoms with Crippen molar-refractivity contribution in [2.24, 2.45) is 0 Å². The molecule has 1 amide bonds. The molecule has 0 spiro atoms. The maximum absolute atomic E-state index is 12.0. The molecule has 0 aliphatic carbocycles. The SMILES string of the molecule is O=C(NCc1ncc[nH]1)c1cnn(-c2ccccc2)c1. The minimum absolute atomic E-state index is 0.177. The third-order valence-electron chi connectivity index (χ3n) is 2.84. The molecule has 0 bridgehead atoms. The van der Waals surface area contributed by atoms with Crippen molar-refractivity contribution in [2.75, 3.05) is 0 Å². The van der Waals surface area contributed by atoms with Crippen LogP contribution in [0.2, 0.25) is 0 Å². The number of imidazole rings is 1. The van der Waals surface area contributed by atoms with E-state index in [1.54, 1.807) is 29.5 Å². The molecule has 0 unspecified atom stereocenters. The van der Waals surface area contributed by atoms with E-state index in [0.29, 0.717) is 17.9 Å². The summed E-state index contributed by atoms with van der Waals surface area (Å²) in [5.41, 5.74) is 1.43. The molecule has 2 aromatic heterocycles. The molecule has 3 aromatic rings. The molecule has 2 N–H and O–H groups in total. The number of H-pyrrole nitrogens is 1. The topological polar surface area (TPSA) is 75.6 Å². The van der Waals surface area contributed by atoms with Gasteiger partial charge in [0.1, 0.15) is 5.82 Å². The van der Waals surface area contributed by atoms with Gasteiger partial charge in [0.2, 0.25) is 0 Å². The van der Waals surface area contributed by atoms with Gasteiger partial charge < -0.3 is 10.3 Å². The lowest BCUT2D eigenvalue weighted by molar-refractivity contribution is 0.0950. The third-order valence-corrected chi connectivity index (χ3v) is 2.84. The highest BCUT2D eigenvalue weighted by Crippen LogP contribution is 2.07. The van der Waals surface area contributed by atoms with Crippen LogP contribution in [-0.2, 0) is 6.54 Å². The molecular weight excluding hydrogens is 254 g/mol. The fraction of sp³-hybridized carbons (Fsp3) is 0.0714. The molecule has 0 atom stereocenters. The van der Waals surface area contributed by atoms with E-state index in [9.17, 15) is 4.79 Å². The van der Waals surface area contributed by atoms with Gasteiger partial charge in [0.05, 0.1) is 24.0 Å². The summed E-state index contributed by atoms with van der Waals surface area (Å²) in [6.45, 7) is 0.363. The summed E-state index contributed by atoms with van der Waals surface area (Å²) in [6, 6.07) is 9.64. The van der Waals surface area contributed by atoms with Crippen LogP contribution in [0.3, 0.4) is 0 Å². The molecule has 0 aliphatic heterocycles. The molecule has 1 aromatic carbocycles. The van der Waals surface area contributed by atoms with Crippen molar-refractivity contribution in [3.63, 3.8) is 0 Å². The van der Waals surface area contributed by atoms with E-state index in [4.69, 9.17) is 0 Å². The first-order valence-electron chi connectivity index (χ1n) is 6.19. The molecule has 3 rings (SSSR count). The van der Waals surface area contributed by atoms with Crippen LogP contribution < -0.4 is 5.32 Å². The molecule has 0 saturated carbocycles. The van der Waals surface area contributed by atoms with Crippen LogP contribution in [0.1, 0.15) is 16.2 Å². The Bertz CT molecular complexity index is 687. The third kappa shape index (κ3) is 2.59. The van der Waals surface area contributed by atoms with Crippen molar-refractivity contribution < 1.29 is 4.79 Å². The Morgan fingerprint density at radius 3 is 2.90 bits per heavy atom. The van der Waals surface area contributed by atoms with E-state index in [1.807, 2.05) is 30.3 Å². The van der Waals surface area contributed by atoms with Gasteiger partial charge in [0.25, 0.3) is 5.91 Å². The predicted molar refractivity (Wildman–Crippen MR) is 73.3 cm³/mol. The minimum atomic E-state index is -0.177. The Morgan fingerprint density at radius 2 is 2.15 bits per heavy atom. The van der Waals surface area contributed by atoms with Gasteiger partial charge in [-0.05, 0) is 12.1 Å². The number of aromatic amines is 1. The number of carbonyl (C=O) groups excluding carboxylic acids is 1. The summed E-state index contributed by atoms with van der Waals surface area (Å²) in [5.74, 6) is 0.539. The smallest absolute Gasteiger partial charge is 0.254 e. The monoisotopic (exact) mass is 267 g/mol. The highest BCUT2D eigenvalue weighted by molar-refractivity contribution is 5.93. The lowest BCUT2D eigenvalue weighted by Crippen LogP contribution is -2.22. The second-order valence-electron chi connectivity index (χ2n) is 4.23. The van der Waals surface area contributed by atoms with Crippen molar-refractivity contribution in [1.29, 1.82) is 0 Å². The summed E-state index contributed by atoms with van der Waals surface area (Å²) in [7, 11) is 0. The number of nitrogens with one attached hydrogen (secondary N) is 2. The Morgan fingerprint density at radius 1 is 1.30 bits per heavy atom. The number of amides is 1. The van der Waals surface area contributed by atoms with Crippen LogP contribution in [0.15, 0.2) is 55.1 Å². The largest absolute Gasteiger partial charge is 0.347 e. The standard InChI is InChI=1S/C14H13N5O/c20-14(17-9-13-15-6-7-16-13)11-8-18-19(10-11)12-4-2-1-3-5-12/h1-8,10H,9H2,(H,15,16)(H,17,20). The zero-order valence-electron chi connectivity index (χ0n) is 10.7. The first kappa shape index (κ1) is 12.2. The van der Waals surface area contributed by atoms with Crippen LogP contribution in [-0.4, -0.2) is 25.7 Å². The number of aromatic nitrogens is 4. The Balaban J connectivity index is 1.69. The summed E-state index contributed by atoms with van der Waals surface area (Å²) in [6.07, 6.45) is 6.61. The fourth-order valence-electron chi connectivity index (χ4n) is 1.82. The molecular formula is C14H13N5O. The van der Waals surface area contributed by atoms with E-state index >= 15 is 0 Å². The van der Waals surface area contributed by atoms with Crippen molar-refractivity contribution in [2.45, 2.75) is 6.54 Å². The summed E-state index contributed by atoms with van der Waals surface area (Å²) >= 11 is 0. The van der Waals surface area contributed by atoms with E-state index in [2.05, 4.69) is 20.4 Å². The van der Waals surface area contributed by atoms with Crippen LogP contribution in [0.5, 0.6) is 0 Å². The van der Waals surface area contributed by atoms with Crippen LogP contribution in [0, 0.1) is 0 Å². The second-order valence-corrected chi connectivity index (χ2v) is 4.23. The zero-order valence-corrected chi connectivity index (χ0v) is 10.7. The number of hydrogen-bond acceptors (Lipinski definition) is 3. The van der Waals surface area contributed by atoms with Crippen molar-refractivity contribution >= 4 is 5.91 Å². The first-order chi connectivity index (χ1) is 9.83. The van der Waals surface area contributed by atoms with Gasteiger partial charge >= 0.3 is 0 Å². The lowest BCUT2D eigenvalue weighted by Gasteiger charge is -2.01. The van der Waals surface area contributed by atoms with Crippen molar-refractivity contribution in [3.8, 4) is 5.69 Å². The highest BCUT2D eigenvalue weighted by Gasteiger charge is 2.09. The summed E-state index contributed by atoms with van der Waals surface area (Å²) in [4.78, 5) is 19.0. The number of nitrogens with zero attached hydrogens (tertiary/aromatic N) is 3. The van der Waals surface area contributed by atoms with Gasteiger partial charge in [-0.1, -0.05) is 18.2 Å². The molecule has 2 heterocycles. The van der Waals surface area contributed by atoms with Crippen LogP contribution >= 0.6 is 0 Å². The lowest BCUT2D eigenvalue weighted by atomic mass is 10.3. The molecule has 0 saturated heterocycles. The molecule has 6 nitrogen and oxygen atoms in total. The van der Waals surface area contributed by atoms with Crippen molar-refractivity contribution in [3.05, 3.63) is 66.5 Å². The highest BCUT2D eigenvalue weighted by atomic mass is 16.1. The molecule has 6 heteroatoms. The zero-order chi connectivity index (χ0) is 13.8. The van der Waals surface area contributed by atoms with Crippen LogP contribution in [0.4, 0.5) is 0 Å². The van der Waals surface area contributed by atoms with Gasteiger partial charge in [-0.25, -0.2) is 9.67 Å². The summed E-state index contributed by atoms with van der Waals surface area (Å²) < 4.78 is 1.67. The van der Waals surface area contributed by atoms with Gasteiger partial charge in [-0.15, -0.1) is 0 Å². The van der Waals surface area contributed by atoms with E-state index in [1.165, 1.54) is 0 Å². The Labute approximate surface area is 115 Å². The van der Waals surface area contributed by atoms with Gasteiger partial charge in [-0.3, -0.25) is 4.79 Å². The van der Waals surface area contributed by atoms with E-state index in [0.717, 1.165) is 5.69 Å². The number of hydrogen-bond donors (Lipinski definition) is 2. The number of benzene rings is 1. The summed E-state index contributed by atoms with van der Waals surface area (Å²) in [5, 5.41) is 6.97. The molecule has 0 radical (unpaired) electrons. The predicted octanol–water partition coefficient (Wildman–Crippen LogP) is 1.53. The first-order valence-corrected chi connectivity index (χ1v) is 6.19. The normalized spacial score (nSPS) is 10.4. The quantitative estimate of drug-likeness (QED) is 0.752. The van der Waals surface area contributed by atoms with Gasteiger partial charge in [0.15, 0.2) is 0 Å². The van der Waals surface area contributed by atoms with Gasteiger partial charge in [-0.2, -0.15) is 5.10 Å². The van der Waals surface area contributed by atoms with E-state index in [-0.39, 0.29) is 5.91 Å². The molecule has 0 fully saturated rings. The van der Waals surface area contributed by atoms with Crippen LogP contribution in [0.25, 0.3) is 5.69 Å².